The quantitative estimate of drug-likeness (QED) is 0.751. The van der Waals surface area contributed by atoms with Crippen molar-refractivity contribution in [1.29, 1.82) is 0 Å². The van der Waals surface area contributed by atoms with E-state index < -0.39 is 5.82 Å². The fourth-order valence-corrected chi connectivity index (χ4v) is 2.09. The number of benzene rings is 2. The lowest BCUT2D eigenvalue weighted by Crippen LogP contribution is -2.14. The normalized spacial score (nSPS) is 11.6. The first-order chi connectivity index (χ1) is 8.79. The number of nitrogen functional groups attached to an aromatic ring is 1. The standard InChI is InChI=1S/C16H17F2N/c1-16(2,3)13-8-12(14(18)9-15(13)19)10-4-6-11(17)7-5-10/h4-9H,19H2,1-3H3. The lowest BCUT2D eigenvalue weighted by molar-refractivity contribution is 0.586. The Morgan fingerprint density at radius 2 is 1.53 bits per heavy atom. The first kappa shape index (κ1) is 13.5. The van der Waals surface area contributed by atoms with E-state index in [0.29, 0.717) is 16.8 Å². The van der Waals surface area contributed by atoms with Gasteiger partial charge in [0.25, 0.3) is 0 Å². The lowest BCUT2D eigenvalue weighted by atomic mass is 9.84. The van der Waals surface area contributed by atoms with Gasteiger partial charge < -0.3 is 5.73 Å². The van der Waals surface area contributed by atoms with Crippen LogP contribution in [-0.4, -0.2) is 0 Å². The molecule has 0 unspecified atom stereocenters. The number of hydrogen-bond donors (Lipinski definition) is 1. The van der Waals surface area contributed by atoms with Crippen molar-refractivity contribution >= 4 is 5.69 Å². The zero-order valence-electron chi connectivity index (χ0n) is 11.3. The maximum Gasteiger partial charge on any atom is 0.133 e. The van der Waals surface area contributed by atoms with Gasteiger partial charge in [-0.1, -0.05) is 32.9 Å². The summed E-state index contributed by atoms with van der Waals surface area (Å²) in [4.78, 5) is 0. The Kier molecular flexibility index (Phi) is 3.31. The smallest absolute Gasteiger partial charge is 0.133 e. The molecule has 0 saturated carbocycles. The second-order valence-corrected chi connectivity index (χ2v) is 5.68. The predicted octanol–water partition coefficient (Wildman–Crippen LogP) is 4.51. The Morgan fingerprint density at radius 1 is 0.947 bits per heavy atom. The third-order valence-corrected chi connectivity index (χ3v) is 3.10. The minimum absolute atomic E-state index is 0.174. The lowest BCUT2D eigenvalue weighted by Gasteiger charge is -2.22. The fraction of sp³-hybridized carbons (Fsp3) is 0.250. The van der Waals surface area contributed by atoms with E-state index in [1.165, 1.54) is 18.2 Å². The Morgan fingerprint density at radius 3 is 2.05 bits per heavy atom. The van der Waals surface area contributed by atoms with Crippen LogP contribution in [0, 0.1) is 11.6 Å². The molecule has 2 aromatic rings. The summed E-state index contributed by atoms with van der Waals surface area (Å²) in [7, 11) is 0. The van der Waals surface area contributed by atoms with Gasteiger partial charge >= 0.3 is 0 Å². The van der Waals surface area contributed by atoms with Crippen molar-refractivity contribution in [3.05, 3.63) is 53.6 Å². The monoisotopic (exact) mass is 261 g/mol. The van der Waals surface area contributed by atoms with E-state index in [-0.39, 0.29) is 11.2 Å². The topological polar surface area (TPSA) is 26.0 Å². The molecule has 0 heterocycles. The van der Waals surface area contributed by atoms with Crippen LogP contribution in [0.1, 0.15) is 26.3 Å². The number of rotatable bonds is 1. The van der Waals surface area contributed by atoms with E-state index in [2.05, 4.69) is 0 Å². The van der Waals surface area contributed by atoms with Gasteiger partial charge in [0.2, 0.25) is 0 Å². The highest BCUT2D eigenvalue weighted by Gasteiger charge is 2.20. The zero-order valence-corrected chi connectivity index (χ0v) is 11.3. The minimum atomic E-state index is -0.392. The zero-order chi connectivity index (χ0) is 14.2. The van der Waals surface area contributed by atoms with E-state index in [1.807, 2.05) is 20.8 Å². The van der Waals surface area contributed by atoms with Crippen LogP contribution in [0.15, 0.2) is 36.4 Å². The number of anilines is 1. The van der Waals surface area contributed by atoms with Crippen LogP contribution >= 0.6 is 0 Å². The van der Waals surface area contributed by atoms with E-state index in [0.717, 1.165) is 5.56 Å². The van der Waals surface area contributed by atoms with Crippen molar-refractivity contribution in [1.82, 2.24) is 0 Å². The molecule has 19 heavy (non-hydrogen) atoms. The van der Waals surface area contributed by atoms with Crippen molar-refractivity contribution < 1.29 is 8.78 Å². The molecule has 2 N–H and O–H groups in total. The van der Waals surface area contributed by atoms with Crippen LogP contribution in [0.25, 0.3) is 11.1 Å². The van der Waals surface area contributed by atoms with Gasteiger partial charge in [-0.25, -0.2) is 8.78 Å². The highest BCUT2D eigenvalue weighted by atomic mass is 19.1. The summed E-state index contributed by atoms with van der Waals surface area (Å²) in [6.45, 7) is 6.06. The van der Waals surface area contributed by atoms with Gasteiger partial charge in [0, 0.05) is 11.3 Å². The summed E-state index contributed by atoms with van der Waals surface area (Å²) in [6, 6.07) is 8.85. The molecule has 0 atom stereocenters. The number of hydrogen-bond acceptors (Lipinski definition) is 1. The molecule has 0 amide bonds. The summed E-state index contributed by atoms with van der Waals surface area (Å²) >= 11 is 0. The molecule has 2 rings (SSSR count). The molecule has 100 valence electrons. The van der Waals surface area contributed by atoms with Crippen molar-refractivity contribution in [2.45, 2.75) is 26.2 Å². The molecule has 0 aliphatic rings. The molecule has 1 nitrogen and oxygen atoms in total. The van der Waals surface area contributed by atoms with E-state index >= 15 is 0 Å². The van der Waals surface area contributed by atoms with E-state index in [9.17, 15) is 8.78 Å². The van der Waals surface area contributed by atoms with Crippen molar-refractivity contribution in [2.24, 2.45) is 0 Å². The molecular weight excluding hydrogens is 244 g/mol. The van der Waals surface area contributed by atoms with Gasteiger partial charge in [-0.2, -0.15) is 0 Å². The first-order valence-corrected chi connectivity index (χ1v) is 6.14. The van der Waals surface area contributed by atoms with Crippen LogP contribution in [0.5, 0.6) is 0 Å². The molecular formula is C16H17F2N. The fourth-order valence-electron chi connectivity index (χ4n) is 2.09. The maximum absolute atomic E-state index is 14.0. The van der Waals surface area contributed by atoms with Gasteiger partial charge in [-0.3, -0.25) is 0 Å². The van der Waals surface area contributed by atoms with E-state index in [4.69, 9.17) is 5.73 Å². The van der Waals surface area contributed by atoms with Crippen molar-refractivity contribution in [2.75, 3.05) is 5.73 Å². The average Bonchev–Trinajstić information content (AvgIpc) is 2.29. The summed E-state index contributed by atoms with van der Waals surface area (Å²) in [5, 5.41) is 0. The van der Waals surface area contributed by atoms with Gasteiger partial charge in [0.05, 0.1) is 0 Å². The summed E-state index contributed by atoms with van der Waals surface area (Å²) in [5.74, 6) is -0.729. The van der Waals surface area contributed by atoms with Gasteiger partial charge in [0.1, 0.15) is 11.6 Å². The maximum atomic E-state index is 14.0. The van der Waals surface area contributed by atoms with Crippen LogP contribution in [0.4, 0.5) is 14.5 Å². The van der Waals surface area contributed by atoms with Gasteiger partial charge in [0.15, 0.2) is 0 Å². The third-order valence-electron chi connectivity index (χ3n) is 3.10. The summed E-state index contributed by atoms with van der Waals surface area (Å²) < 4.78 is 27.0. The number of halogens is 2. The molecule has 0 aromatic heterocycles. The molecule has 0 spiro atoms. The molecule has 3 heteroatoms. The minimum Gasteiger partial charge on any atom is -0.398 e. The largest absolute Gasteiger partial charge is 0.398 e. The highest BCUT2D eigenvalue weighted by molar-refractivity contribution is 5.69. The summed E-state index contributed by atoms with van der Waals surface area (Å²) in [5.41, 5.74) is 8.11. The molecule has 0 aliphatic heterocycles. The Labute approximate surface area is 112 Å². The Balaban J connectivity index is 2.61. The van der Waals surface area contributed by atoms with Gasteiger partial charge in [-0.15, -0.1) is 0 Å². The molecule has 2 aromatic carbocycles. The van der Waals surface area contributed by atoms with Crippen molar-refractivity contribution in [3.8, 4) is 11.1 Å². The average molecular weight is 261 g/mol. The van der Waals surface area contributed by atoms with Crippen LogP contribution in [0.3, 0.4) is 0 Å². The predicted molar refractivity (Wildman–Crippen MR) is 74.9 cm³/mol. The second kappa shape index (κ2) is 4.65. The molecule has 0 fully saturated rings. The van der Waals surface area contributed by atoms with Crippen LogP contribution in [0.2, 0.25) is 0 Å². The third kappa shape index (κ3) is 2.75. The molecule has 0 radical (unpaired) electrons. The Hall–Kier alpha value is -1.90. The molecule has 0 aliphatic carbocycles. The van der Waals surface area contributed by atoms with Crippen molar-refractivity contribution in [3.63, 3.8) is 0 Å². The Bertz CT molecular complexity index is 595. The first-order valence-electron chi connectivity index (χ1n) is 6.14. The molecule has 0 bridgehead atoms. The van der Waals surface area contributed by atoms with E-state index in [1.54, 1.807) is 18.2 Å². The van der Waals surface area contributed by atoms with Crippen LogP contribution in [-0.2, 0) is 5.41 Å². The SMILES string of the molecule is CC(C)(C)c1cc(-c2ccc(F)cc2)c(F)cc1N. The van der Waals surface area contributed by atoms with Gasteiger partial charge in [-0.05, 0) is 40.8 Å². The molecule has 0 saturated heterocycles. The second-order valence-electron chi connectivity index (χ2n) is 5.68. The number of nitrogens with two attached hydrogens (primary N) is 1. The van der Waals surface area contributed by atoms with Crippen LogP contribution < -0.4 is 5.73 Å². The summed E-state index contributed by atoms with van der Waals surface area (Å²) in [6.07, 6.45) is 0. The highest BCUT2D eigenvalue weighted by Crippen LogP contribution is 2.34.